The molecule has 2 N–H and O–H groups in total. The molecule has 4 rings (SSSR count). The van der Waals surface area contributed by atoms with Crippen molar-refractivity contribution in [2.24, 2.45) is 0 Å². The minimum atomic E-state index is -0.172. The van der Waals surface area contributed by atoms with Crippen LogP contribution in [0.25, 0.3) is 11.0 Å². The summed E-state index contributed by atoms with van der Waals surface area (Å²) in [7, 11) is 1.79. The number of furan rings is 1. The number of fused-ring (bicyclic) bond motifs is 2. The van der Waals surface area contributed by atoms with Crippen molar-refractivity contribution in [1.29, 1.82) is 0 Å². The normalized spacial score (nSPS) is 14.6. The summed E-state index contributed by atoms with van der Waals surface area (Å²) >= 11 is 0. The second-order valence-corrected chi connectivity index (χ2v) is 6.23. The Morgan fingerprint density at radius 3 is 2.96 bits per heavy atom. The number of nitrogens with zero attached hydrogens (tertiary/aromatic N) is 2. The van der Waals surface area contributed by atoms with E-state index in [9.17, 15) is 4.79 Å². The highest BCUT2D eigenvalue weighted by Gasteiger charge is 2.27. The number of rotatable bonds is 3. The van der Waals surface area contributed by atoms with Gasteiger partial charge in [-0.05, 0) is 19.1 Å². The molecule has 7 heteroatoms. The summed E-state index contributed by atoms with van der Waals surface area (Å²) in [4.78, 5) is 14.6. The van der Waals surface area contributed by atoms with E-state index < -0.39 is 0 Å². The number of halogens is 1. The Hall–Kier alpha value is -2.31. The van der Waals surface area contributed by atoms with Crippen LogP contribution < -0.4 is 5.32 Å². The number of aromatic nitrogens is 2. The molecule has 0 bridgehead atoms. The molecule has 1 aliphatic rings. The van der Waals surface area contributed by atoms with Crippen LogP contribution in [0.4, 0.5) is 0 Å². The third-order valence-corrected chi connectivity index (χ3v) is 4.77. The van der Waals surface area contributed by atoms with Gasteiger partial charge in [0.25, 0.3) is 5.91 Å². The second kappa shape index (κ2) is 6.90. The molecule has 1 unspecified atom stereocenters. The van der Waals surface area contributed by atoms with E-state index in [0.717, 1.165) is 41.0 Å². The van der Waals surface area contributed by atoms with Crippen molar-refractivity contribution in [2.75, 3.05) is 13.6 Å². The molecule has 0 spiro atoms. The third-order valence-electron chi connectivity index (χ3n) is 4.77. The molecule has 0 aliphatic carbocycles. The Labute approximate surface area is 152 Å². The monoisotopic (exact) mass is 360 g/mol. The topological polar surface area (TPSA) is 74.2 Å². The standard InChI is InChI=1S/C18H20N4O2.ClH/c1-11(16-9-12-5-3-4-6-15(12)24-16)22(2)18(23)17-13-10-19-8-7-14(13)20-21-17;/h3-6,9,11,19H,7-8,10H2,1-2H3,(H,20,21);1H. The second-order valence-electron chi connectivity index (χ2n) is 6.23. The van der Waals surface area contributed by atoms with Gasteiger partial charge in [-0.3, -0.25) is 9.89 Å². The van der Waals surface area contributed by atoms with Gasteiger partial charge in [-0.25, -0.2) is 0 Å². The van der Waals surface area contributed by atoms with Gasteiger partial charge in [0.05, 0.1) is 6.04 Å². The highest BCUT2D eigenvalue weighted by Crippen LogP contribution is 2.28. The number of aromatic amines is 1. The molecule has 3 aromatic rings. The van der Waals surface area contributed by atoms with Crippen molar-refractivity contribution in [2.45, 2.75) is 25.9 Å². The Morgan fingerprint density at radius 1 is 1.36 bits per heavy atom. The van der Waals surface area contributed by atoms with Crippen molar-refractivity contribution in [1.82, 2.24) is 20.4 Å². The first-order valence-corrected chi connectivity index (χ1v) is 8.17. The van der Waals surface area contributed by atoms with Crippen LogP contribution in [-0.4, -0.2) is 34.6 Å². The highest BCUT2D eigenvalue weighted by atomic mass is 35.5. The summed E-state index contributed by atoms with van der Waals surface area (Å²) in [5.41, 5.74) is 3.38. The lowest BCUT2D eigenvalue weighted by Gasteiger charge is -2.23. The van der Waals surface area contributed by atoms with Crippen LogP contribution in [0.3, 0.4) is 0 Å². The van der Waals surface area contributed by atoms with E-state index in [1.807, 2.05) is 37.3 Å². The van der Waals surface area contributed by atoms with Gasteiger partial charge in [-0.2, -0.15) is 5.10 Å². The molecule has 1 amide bonds. The number of carbonyl (C=O) groups is 1. The lowest BCUT2D eigenvalue weighted by atomic mass is 10.1. The zero-order valence-corrected chi connectivity index (χ0v) is 15.0. The molecule has 1 atom stereocenters. The van der Waals surface area contributed by atoms with E-state index in [-0.39, 0.29) is 24.4 Å². The van der Waals surface area contributed by atoms with Crippen LogP contribution in [-0.2, 0) is 13.0 Å². The van der Waals surface area contributed by atoms with Crippen LogP contribution in [0.2, 0.25) is 0 Å². The summed E-state index contributed by atoms with van der Waals surface area (Å²) < 4.78 is 5.90. The van der Waals surface area contributed by atoms with E-state index in [2.05, 4.69) is 15.5 Å². The molecule has 1 aromatic carbocycles. The first kappa shape index (κ1) is 17.5. The van der Waals surface area contributed by atoms with Gasteiger partial charge in [-0.1, -0.05) is 18.2 Å². The number of benzene rings is 1. The molecule has 0 saturated heterocycles. The van der Waals surface area contributed by atoms with Crippen molar-refractivity contribution in [3.05, 3.63) is 53.0 Å². The zero-order chi connectivity index (χ0) is 16.7. The number of H-pyrrole nitrogens is 1. The Kier molecular flexibility index (Phi) is 4.83. The van der Waals surface area contributed by atoms with Crippen molar-refractivity contribution in [3.8, 4) is 0 Å². The largest absolute Gasteiger partial charge is 0.459 e. The van der Waals surface area contributed by atoms with Gasteiger partial charge in [0.2, 0.25) is 0 Å². The lowest BCUT2D eigenvalue weighted by molar-refractivity contribution is 0.0720. The summed E-state index contributed by atoms with van der Waals surface area (Å²) in [5, 5.41) is 11.6. The SMILES string of the molecule is CC(c1cc2ccccc2o1)N(C)C(=O)c1n[nH]c2c1CNCC2.Cl. The van der Waals surface area contributed by atoms with Crippen LogP contribution in [0.5, 0.6) is 0 Å². The van der Waals surface area contributed by atoms with Gasteiger partial charge in [0, 0.05) is 43.2 Å². The number of hydrogen-bond acceptors (Lipinski definition) is 4. The van der Waals surface area contributed by atoms with Gasteiger partial charge >= 0.3 is 0 Å². The Morgan fingerprint density at radius 2 is 2.16 bits per heavy atom. The van der Waals surface area contributed by atoms with Gasteiger partial charge in [0.15, 0.2) is 5.69 Å². The maximum absolute atomic E-state index is 12.9. The summed E-state index contributed by atoms with van der Waals surface area (Å²) in [6.45, 7) is 3.56. The first-order chi connectivity index (χ1) is 11.6. The van der Waals surface area contributed by atoms with Crippen LogP contribution in [0.1, 0.15) is 40.5 Å². The lowest BCUT2D eigenvalue weighted by Crippen LogP contribution is -2.32. The van der Waals surface area contributed by atoms with Crippen LogP contribution in [0.15, 0.2) is 34.7 Å². The molecular weight excluding hydrogens is 340 g/mol. The summed E-state index contributed by atoms with van der Waals surface area (Å²) in [6, 6.07) is 9.68. The highest BCUT2D eigenvalue weighted by molar-refractivity contribution is 5.94. The van der Waals surface area contributed by atoms with E-state index in [1.54, 1.807) is 11.9 Å². The molecule has 3 heterocycles. The smallest absolute Gasteiger partial charge is 0.275 e. The molecule has 132 valence electrons. The van der Waals surface area contributed by atoms with Gasteiger partial charge in [-0.15, -0.1) is 12.4 Å². The summed E-state index contributed by atoms with van der Waals surface area (Å²) in [5.74, 6) is 0.679. The minimum absolute atomic E-state index is 0. The van der Waals surface area contributed by atoms with Crippen molar-refractivity contribution < 1.29 is 9.21 Å². The predicted octanol–water partition coefficient (Wildman–Crippen LogP) is 3.06. The first-order valence-electron chi connectivity index (χ1n) is 8.17. The minimum Gasteiger partial charge on any atom is -0.459 e. The quantitative estimate of drug-likeness (QED) is 0.752. The fourth-order valence-corrected chi connectivity index (χ4v) is 3.14. The Bertz CT molecular complexity index is 869. The molecule has 2 aromatic heterocycles. The fourth-order valence-electron chi connectivity index (χ4n) is 3.14. The van der Waals surface area contributed by atoms with E-state index in [4.69, 9.17) is 4.42 Å². The predicted molar refractivity (Wildman–Crippen MR) is 98.0 cm³/mol. The number of carbonyl (C=O) groups excluding carboxylic acids is 1. The van der Waals surface area contributed by atoms with Crippen LogP contribution >= 0.6 is 12.4 Å². The molecular formula is C18H21ClN4O2. The molecule has 6 nitrogen and oxygen atoms in total. The maximum Gasteiger partial charge on any atom is 0.275 e. The number of nitrogens with one attached hydrogen (secondary N) is 2. The third kappa shape index (κ3) is 3.03. The number of hydrogen-bond donors (Lipinski definition) is 2. The van der Waals surface area contributed by atoms with Gasteiger partial charge in [0.1, 0.15) is 11.3 Å². The molecule has 1 aliphatic heterocycles. The summed E-state index contributed by atoms with van der Waals surface area (Å²) in [6.07, 6.45) is 0.873. The van der Waals surface area contributed by atoms with E-state index >= 15 is 0 Å². The fraction of sp³-hybridized carbons (Fsp3) is 0.333. The molecule has 0 fully saturated rings. The Balaban J connectivity index is 0.00000182. The van der Waals surface area contributed by atoms with E-state index in [0.29, 0.717) is 12.2 Å². The van der Waals surface area contributed by atoms with Crippen LogP contribution in [0, 0.1) is 0 Å². The van der Waals surface area contributed by atoms with Crippen molar-refractivity contribution in [3.63, 3.8) is 0 Å². The zero-order valence-electron chi connectivity index (χ0n) is 14.2. The average molecular weight is 361 g/mol. The average Bonchev–Trinajstić information content (AvgIpc) is 3.23. The molecule has 0 saturated carbocycles. The number of para-hydroxylation sites is 1. The molecule has 0 radical (unpaired) electrons. The molecule has 25 heavy (non-hydrogen) atoms. The number of amides is 1. The van der Waals surface area contributed by atoms with Crippen molar-refractivity contribution >= 4 is 29.3 Å². The maximum atomic E-state index is 12.9. The van der Waals surface area contributed by atoms with Gasteiger partial charge < -0.3 is 14.6 Å². The van der Waals surface area contributed by atoms with E-state index in [1.165, 1.54) is 0 Å².